The topological polar surface area (TPSA) is 68.0 Å². The summed E-state index contributed by atoms with van der Waals surface area (Å²) >= 11 is 1.64. The normalized spacial score (nSPS) is 31.6. The number of thiophene rings is 1. The molecule has 2 aromatic rings. The average Bonchev–Trinajstić information content (AvgIpc) is 2.91. The number of aromatic nitrogens is 3. The predicted octanol–water partition coefficient (Wildman–Crippen LogP) is 2.26. The number of hydrogen-bond donors (Lipinski definition) is 1. The zero-order valence-electron chi connectivity index (χ0n) is 10.2. The molecule has 5 nitrogen and oxygen atoms in total. The summed E-state index contributed by atoms with van der Waals surface area (Å²) in [5.41, 5.74) is 1.74. The molecule has 3 fully saturated rings. The molecule has 98 valence electrons. The van der Waals surface area contributed by atoms with Gasteiger partial charge in [-0.25, -0.2) is 0 Å². The van der Waals surface area contributed by atoms with Gasteiger partial charge in [-0.1, -0.05) is 5.21 Å². The molecule has 0 amide bonds. The van der Waals surface area contributed by atoms with Crippen LogP contribution >= 0.6 is 11.3 Å². The van der Waals surface area contributed by atoms with Gasteiger partial charge < -0.3 is 5.11 Å². The van der Waals surface area contributed by atoms with Crippen LogP contribution in [-0.4, -0.2) is 26.1 Å². The summed E-state index contributed by atoms with van der Waals surface area (Å²) < 4.78 is 1.86. The van der Waals surface area contributed by atoms with Gasteiger partial charge in [-0.2, -0.15) is 11.3 Å². The van der Waals surface area contributed by atoms with Crippen molar-refractivity contribution in [2.45, 2.75) is 25.8 Å². The number of nitrogens with zero attached hydrogens (tertiary/aromatic N) is 3. The third kappa shape index (κ3) is 1.49. The monoisotopic (exact) mass is 275 g/mol. The molecule has 3 aliphatic rings. The first-order valence-corrected chi connectivity index (χ1v) is 7.21. The van der Waals surface area contributed by atoms with Crippen molar-refractivity contribution in [2.75, 3.05) is 0 Å². The molecule has 0 aromatic carbocycles. The molecule has 3 aliphatic carbocycles. The Morgan fingerprint density at radius 1 is 1.47 bits per heavy atom. The maximum Gasteiger partial charge on any atom is 0.309 e. The lowest BCUT2D eigenvalue weighted by molar-refractivity contribution is -0.228. The van der Waals surface area contributed by atoms with Crippen LogP contribution in [0.25, 0.3) is 11.3 Å². The van der Waals surface area contributed by atoms with Gasteiger partial charge in [0.05, 0.1) is 11.6 Å². The van der Waals surface area contributed by atoms with E-state index >= 15 is 0 Å². The molecule has 5 rings (SSSR count). The first-order chi connectivity index (χ1) is 9.11. The highest BCUT2D eigenvalue weighted by molar-refractivity contribution is 7.08. The Hall–Kier alpha value is -1.69. The van der Waals surface area contributed by atoms with Crippen molar-refractivity contribution in [3.63, 3.8) is 0 Å². The van der Waals surface area contributed by atoms with Crippen LogP contribution in [0.5, 0.6) is 0 Å². The number of carboxylic acids is 1. The quantitative estimate of drug-likeness (QED) is 0.929. The number of rotatable bonds is 4. The van der Waals surface area contributed by atoms with E-state index in [1.165, 1.54) is 0 Å². The highest BCUT2D eigenvalue weighted by Gasteiger charge is 2.71. The molecule has 3 saturated carbocycles. The van der Waals surface area contributed by atoms with E-state index in [0.717, 1.165) is 37.1 Å². The lowest BCUT2D eigenvalue weighted by Gasteiger charge is -2.68. The molecular formula is C13H13N3O2S. The largest absolute Gasteiger partial charge is 0.481 e. The second-order valence-corrected chi connectivity index (χ2v) is 6.71. The van der Waals surface area contributed by atoms with Gasteiger partial charge >= 0.3 is 5.97 Å². The van der Waals surface area contributed by atoms with Gasteiger partial charge in [0.1, 0.15) is 5.69 Å². The van der Waals surface area contributed by atoms with Crippen LogP contribution in [-0.2, 0) is 11.3 Å². The highest BCUT2D eigenvalue weighted by Crippen LogP contribution is 2.73. The second kappa shape index (κ2) is 3.45. The zero-order chi connectivity index (χ0) is 13.1. The van der Waals surface area contributed by atoms with Crippen LogP contribution in [0, 0.1) is 10.8 Å². The minimum atomic E-state index is -0.632. The van der Waals surface area contributed by atoms with Crippen LogP contribution in [0.3, 0.4) is 0 Å². The summed E-state index contributed by atoms with van der Waals surface area (Å²) in [5, 5.41) is 21.5. The Kier molecular flexibility index (Phi) is 2.02. The summed E-state index contributed by atoms with van der Waals surface area (Å²) in [7, 11) is 0. The van der Waals surface area contributed by atoms with Gasteiger partial charge in [0.2, 0.25) is 0 Å². The summed E-state index contributed by atoms with van der Waals surface area (Å²) in [6, 6.07) is 2.03. The first kappa shape index (κ1) is 11.2. The minimum absolute atomic E-state index is 0.165. The summed E-state index contributed by atoms with van der Waals surface area (Å²) in [6.07, 6.45) is 4.34. The van der Waals surface area contributed by atoms with E-state index in [9.17, 15) is 4.79 Å². The van der Waals surface area contributed by atoms with Crippen molar-refractivity contribution in [2.24, 2.45) is 10.8 Å². The fraction of sp³-hybridized carbons (Fsp3) is 0.462. The van der Waals surface area contributed by atoms with Crippen molar-refractivity contribution in [3.05, 3.63) is 23.0 Å². The molecule has 0 spiro atoms. The molecule has 0 atom stereocenters. The lowest BCUT2D eigenvalue weighted by Crippen LogP contribution is -2.66. The van der Waals surface area contributed by atoms with Crippen LogP contribution in [0.2, 0.25) is 0 Å². The smallest absolute Gasteiger partial charge is 0.309 e. The molecule has 19 heavy (non-hydrogen) atoms. The molecule has 0 unspecified atom stereocenters. The summed E-state index contributed by atoms with van der Waals surface area (Å²) in [4.78, 5) is 11.1. The average molecular weight is 275 g/mol. The summed E-state index contributed by atoms with van der Waals surface area (Å²) in [6.45, 7) is 0.791. The minimum Gasteiger partial charge on any atom is -0.481 e. The Labute approximate surface area is 113 Å². The Bertz CT molecular complexity index is 627. The van der Waals surface area contributed by atoms with Gasteiger partial charge in [-0.3, -0.25) is 9.48 Å². The van der Waals surface area contributed by atoms with Gasteiger partial charge in [0.15, 0.2) is 0 Å². The van der Waals surface area contributed by atoms with E-state index in [2.05, 4.69) is 15.7 Å². The van der Waals surface area contributed by atoms with E-state index in [-0.39, 0.29) is 5.41 Å². The van der Waals surface area contributed by atoms with Crippen LogP contribution in [0.4, 0.5) is 0 Å². The van der Waals surface area contributed by atoms with Crippen molar-refractivity contribution in [1.29, 1.82) is 0 Å². The van der Waals surface area contributed by atoms with Crippen molar-refractivity contribution >= 4 is 17.3 Å². The van der Waals surface area contributed by atoms with E-state index in [1.807, 2.05) is 22.3 Å². The van der Waals surface area contributed by atoms with Crippen molar-refractivity contribution < 1.29 is 9.90 Å². The van der Waals surface area contributed by atoms with Gasteiger partial charge in [-0.15, -0.1) is 5.10 Å². The van der Waals surface area contributed by atoms with Crippen molar-refractivity contribution in [1.82, 2.24) is 15.0 Å². The predicted molar refractivity (Wildman–Crippen MR) is 69.7 cm³/mol. The standard InChI is InChI=1S/C13H13N3O2S/c17-11(18)13-5-12(6-13,7-13)8-16-3-10(14-15-16)9-1-2-19-4-9/h1-4H,5-8H2,(H,17,18). The highest BCUT2D eigenvalue weighted by atomic mass is 32.1. The zero-order valence-corrected chi connectivity index (χ0v) is 11.1. The Morgan fingerprint density at radius 2 is 2.26 bits per heavy atom. The Morgan fingerprint density at radius 3 is 2.89 bits per heavy atom. The molecule has 2 heterocycles. The third-order valence-corrected chi connectivity index (χ3v) is 5.13. The van der Waals surface area contributed by atoms with Crippen LogP contribution < -0.4 is 0 Å². The maximum atomic E-state index is 11.1. The summed E-state index contributed by atoms with van der Waals surface area (Å²) in [5.74, 6) is -0.632. The third-order valence-electron chi connectivity index (χ3n) is 4.45. The number of hydrogen-bond acceptors (Lipinski definition) is 4. The fourth-order valence-electron chi connectivity index (χ4n) is 3.65. The lowest BCUT2D eigenvalue weighted by atomic mass is 9.35. The fourth-order valence-corrected chi connectivity index (χ4v) is 4.30. The molecule has 0 aliphatic heterocycles. The van der Waals surface area contributed by atoms with Crippen LogP contribution in [0.15, 0.2) is 23.0 Å². The van der Waals surface area contributed by atoms with Crippen molar-refractivity contribution in [3.8, 4) is 11.3 Å². The molecule has 2 aromatic heterocycles. The first-order valence-electron chi connectivity index (χ1n) is 6.27. The van der Waals surface area contributed by atoms with E-state index < -0.39 is 11.4 Å². The molecular weight excluding hydrogens is 262 g/mol. The Balaban J connectivity index is 1.47. The van der Waals surface area contributed by atoms with Gasteiger partial charge in [0.25, 0.3) is 0 Å². The number of aliphatic carboxylic acids is 1. The number of carbonyl (C=O) groups is 1. The SMILES string of the molecule is O=C(O)C12CC(Cn3cc(-c4ccsc4)nn3)(C1)C2. The molecule has 2 bridgehead atoms. The molecule has 0 saturated heterocycles. The second-order valence-electron chi connectivity index (χ2n) is 5.93. The van der Waals surface area contributed by atoms with E-state index in [4.69, 9.17) is 5.11 Å². The molecule has 1 N–H and O–H groups in total. The van der Waals surface area contributed by atoms with Gasteiger partial charge in [0, 0.05) is 17.5 Å². The number of carboxylic acid groups (broad SMARTS) is 1. The molecule has 6 heteroatoms. The van der Waals surface area contributed by atoms with Gasteiger partial charge in [-0.05, 0) is 36.1 Å². The van der Waals surface area contributed by atoms with E-state index in [1.54, 1.807) is 11.3 Å². The van der Waals surface area contributed by atoms with E-state index in [0.29, 0.717) is 0 Å². The van der Waals surface area contributed by atoms with Crippen LogP contribution in [0.1, 0.15) is 19.3 Å². The maximum absolute atomic E-state index is 11.1. The molecule has 0 radical (unpaired) electrons.